The van der Waals surface area contributed by atoms with Gasteiger partial charge in [0, 0.05) is 48.0 Å². The van der Waals surface area contributed by atoms with Crippen molar-refractivity contribution in [2.24, 2.45) is 0 Å². The molecular weight excluding hydrogens is 324 g/mol. The molecule has 1 aromatic carbocycles. The molecule has 1 atom stereocenters. The molecule has 5 nitrogen and oxygen atoms in total. The maximum Gasteiger partial charge on any atom is 0.258 e. The number of benzene rings is 1. The van der Waals surface area contributed by atoms with Gasteiger partial charge in [0.05, 0.1) is 6.04 Å². The Bertz CT molecular complexity index is 946. The first-order valence-corrected chi connectivity index (χ1v) is 9.14. The molecular formula is C21H20N4O. The van der Waals surface area contributed by atoms with Crippen LogP contribution in [0.5, 0.6) is 0 Å². The molecule has 5 heteroatoms. The molecule has 130 valence electrons. The standard InChI is InChI=1S/C21H20N4O/c26-21(17-8-10-22-19(13-17)15-6-7-15)24-14-18(25-11-3-9-23-25)12-16-4-1-2-5-20(16)24/h1-5,8-11,13,15,18H,6-7,12,14H2/t18-/m1/s1. The van der Waals surface area contributed by atoms with Gasteiger partial charge in [0.2, 0.25) is 0 Å². The van der Waals surface area contributed by atoms with Gasteiger partial charge in [-0.1, -0.05) is 18.2 Å². The third-order valence-corrected chi connectivity index (χ3v) is 5.30. The van der Waals surface area contributed by atoms with Crippen LogP contribution in [0.4, 0.5) is 5.69 Å². The highest BCUT2D eigenvalue weighted by atomic mass is 16.2. The third kappa shape index (κ3) is 2.69. The number of hydrogen-bond acceptors (Lipinski definition) is 3. The summed E-state index contributed by atoms with van der Waals surface area (Å²) in [4.78, 5) is 19.7. The molecule has 3 heterocycles. The van der Waals surface area contributed by atoms with E-state index in [2.05, 4.69) is 16.1 Å². The van der Waals surface area contributed by atoms with Crippen LogP contribution >= 0.6 is 0 Å². The quantitative estimate of drug-likeness (QED) is 0.729. The fourth-order valence-corrected chi connectivity index (χ4v) is 3.78. The number of pyridine rings is 1. The van der Waals surface area contributed by atoms with Gasteiger partial charge >= 0.3 is 0 Å². The molecule has 26 heavy (non-hydrogen) atoms. The van der Waals surface area contributed by atoms with Crippen molar-refractivity contribution in [2.75, 3.05) is 11.4 Å². The molecule has 1 saturated carbocycles. The second kappa shape index (κ2) is 6.09. The van der Waals surface area contributed by atoms with E-state index in [-0.39, 0.29) is 11.9 Å². The minimum atomic E-state index is 0.0404. The maximum absolute atomic E-state index is 13.3. The van der Waals surface area contributed by atoms with Crippen LogP contribution < -0.4 is 4.90 Å². The first-order chi connectivity index (χ1) is 12.8. The van der Waals surface area contributed by atoms with Crippen LogP contribution in [0.25, 0.3) is 0 Å². The van der Waals surface area contributed by atoms with Crippen LogP contribution in [-0.2, 0) is 6.42 Å². The summed E-state index contributed by atoms with van der Waals surface area (Å²) in [6.45, 7) is 0.624. The van der Waals surface area contributed by atoms with Gasteiger partial charge in [0.1, 0.15) is 0 Å². The number of anilines is 1. The van der Waals surface area contributed by atoms with Gasteiger partial charge in [0.25, 0.3) is 5.91 Å². The topological polar surface area (TPSA) is 51.0 Å². The van der Waals surface area contributed by atoms with E-state index < -0.39 is 0 Å². The molecule has 1 aliphatic heterocycles. The highest BCUT2D eigenvalue weighted by Crippen LogP contribution is 2.39. The summed E-state index contributed by atoms with van der Waals surface area (Å²) >= 11 is 0. The Morgan fingerprint density at radius 1 is 1.08 bits per heavy atom. The van der Waals surface area contributed by atoms with Gasteiger partial charge in [0.15, 0.2) is 0 Å². The van der Waals surface area contributed by atoms with Crippen molar-refractivity contribution in [1.29, 1.82) is 0 Å². The monoisotopic (exact) mass is 344 g/mol. The van der Waals surface area contributed by atoms with E-state index in [1.165, 1.54) is 18.4 Å². The molecule has 1 aliphatic carbocycles. The highest BCUT2D eigenvalue weighted by molar-refractivity contribution is 6.06. The predicted octanol–water partition coefficient (Wildman–Crippen LogP) is 3.60. The van der Waals surface area contributed by atoms with E-state index in [4.69, 9.17) is 0 Å². The predicted molar refractivity (Wildman–Crippen MR) is 99.3 cm³/mol. The normalized spacial score (nSPS) is 19.2. The van der Waals surface area contributed by atoms with Crippen molar-refractivity contribution in [3.8, 4) is 0 Å². The zero-order chi connectivity index (χ0) is 17.5. The summed E-state index contributed by atoms with van der Waals surface area (Å²) in [6.07, 6.45) is 8.76. The van der Waals surface area contributed by atoms with Gasteiger partial charge in [-0.3, -0.25) is 14.5 Å². The Kier molecular flexibility index (Phi) is 3.59. The van der Waals surface area contributed by atoms with Gasteiger partial charge in [-0.05, 0) is 49.1 Å². The molecule has 1 amide bonds. The zero-order valence-corrected chi connectivity index (χ0v) is 14.5. The van der Waals surface area contributed by atoms with E-state index in [1.54, 1.807) is 12.4 Å². The van der Waals surface area contributed by atoms with E-state index in [0.29, 0.717) is 12.5 Å². The minimum absolute atomic E-state index is 0.0404. The SMILES string of the molecule is O=C(c1ccnc(C2CC2)c1)N1C[C@H](n2cccn2)Cc2ccccc21. The second-order valence-electron chi connectivity index (χ2n) is 7.13. The first-order valence-electron chi connectivity index (χ1n) is 9.14. The van der Waals surface area contributed by atoms with Gasteiger partial charge in [-0.15, -0.1) is 0 Å². The van der Waals surface area contributed by atoms with Crippen LogP contribution in [-0.4, -0.2) is 27.2 Å². The van der Waals surface area contributed by atoms with Crippen molar-refractivity contribution >= 4 is 11.6 Å². The second-order valence-corrected chi connectivity index (χ2v) is 7.13. The number of fused-ring (bicyclic) bond motifs is 1. The van der Waals surface area contributed by atoms with Gasteiger partial charge in [-0.2, -0.15) is 5.10 Å². The Morgan fingerprint density at radius 3 is 2.77 bits per heavy atom. The van der Waals surface area contributed by atoms with Crippen molar-refractivity contribution < 1.29 is 4.79 Å². The number of aromatic nitrogens is 3. The lowest BCUT2D eigenvalue weighted by Gasteiger charge is -2.34. The molecule has 0 spiro atoms. The van der Waals surface area contributed by atoms with Crippen LogP contribution in [0.2, 0.25) is 0 Å². The summed E-state index contributed by atoms with van der Waals surface area (Å²) in [5, 5.41) is 4.39. The largest absolute Gasteiger partial charge is 0.306 e. The number of carbonyl (C=O) groups excluding carboxylic acids is 1. The Balaban J connectivity index is 1.51. The summed E-state index contributed by atoms with van der Waals surface area (Å²) < 4.78 is 1.96. The summed E-state index contributed by atoms with van der Waals surface area (Å²) in [5.74, 6) is 0.576. The van der Waals surface area contributed by atoms with E-state index in [9.17, 15) is 4.79 Å². The van der Waals surface area contributed by atoms with Crippen LogP contribution in [0.15, 0.2) is 61.1 Å². The Labute approximate surface area is 152 Å². The fraction of sp³-hybridized carbons (Fsp3) is 0.286. The molecule has 0 radical (unpaired) electrons. The number of carbonyl (C=O) groups is 1. The third-order valence-electron chi connectivity index (χ3n) is 5.30. The average Bonchev–Trinajstić information content (AvgIpc) is 3.41. The lowest BCUT2D eigenvalue weighted by atomic mass is 9.97. The molecule has 2 aliphatic rings. The first kappa shape index (κ1) is 15.3. The molecule has 0 saturated heterocycles. The van der Waals surface area contributed by atoms with E-state index in [0.717, 1.165) is 23.4 Å². The number of amides is 1. The maximum atomic E-state index is 13.3. The minimum Gasteiger partial charge on any atom is -0.306 e. The van der Waals surface area contributed by atoms with Crippen molar-refractivity contribution in [2.45, 2.75) is 31.2 Å². The molecule has 5 rings (SSSR count). The van der Waals surface area contributed by atoms with E-state index >= 15 is 0 Å². The molecule has 0 bridgehead atoms. The number of hydrogen-bond donors (Lipinski definition) is 0. The number of para-hydroxylation sites is 1. The van der Waals surface area contributed by atoms with Gasteiger partial charge < -0.3 is 4.90 Å². The molecule has 3 aromatic rings. The molecule has 0 N–H and O–H groups in total. The Hall–Kier alpha value is -2.95. The smallest absolute Gasteiger partial charge is 0.258 e. The highest BCUT2D eigenvalue weighted by Gasteiger charge is 2.31. The van der Waals surface area contributed by atoms with Crippen molar-refractivity contribution in [3.05, 3.63) is 77.9 Å². The zero-order valence-electron chi connectivity index (χ0n) is 14.5. The average molecular weight is 344 g/mol. The summed E-state index contributed by atoms with van der Waals surface area (Å²) in [7, 11) is 0. The molecule has 1 fully saturated rings. The van der Waals surface area contributed by atoms with Crippen LogP contribution in [0.1, 0.15) is 46.4 Å². The number of rotatable bonds is 3. The molecule has 2 aromatic heterocycles. The molecule has 0 unspecified atom stereocenters. The van der Waals surface area contributed by atoms with Crippen molar-refractivity contribution in [3.63, 3.8) is 0 Å². The van der Waals surface area contributed by atoms with Crippen molar-refractivity contribution in [1.82, 2.24) is 14.8 Å². The van der Waals surface area contributed by atoms with E-state index in [1.807, 2.05) is 52.2 Å². The van der Waals surface area contributed by atoms with Crippen LogP contribution in [0, 0.1) is 0 Å². The lowest BCUT2D eigenvalue weighted by molar-refractivity contribution is 0.0979. The lowest BCUT2D eigenvalue weighted by Crippen LogP contribution is -2.41. The Morgan fingerprint density at radius 2 is 1.96 bits per heavy atom. The van der Waals surface area contributed by atoms with Gasteiger partial charge in [-0.25, -0.2) is 0 Å². The fourth-order valence-electron chi connectivity index (χ4n) is 3.78. The summed E-state index contributed by atoms with van der Waals surface area (Å²) in [6, 6.07) is 14.0. The van der Waals surface area contributed by atoms with Crippen LogP contribution in [0.3, 0.4) is 0 Å². The summed E-state index contributed by atoms with van der Waals surface area (Å²) in [5.41, 5.74) is 3.96. The number of nitrogens with zero attached hydrogens (tertiary/aromatic N) is 4.